The maximum atomic E-state index is 12.7. The van der Waals surface area contributed by atoms with Crippen molar-refractivity contribution >= 4 is 17.5 Å². The van der Waals surface area contributed by atoms with Gasteiger partial charge in [0.1, 0.15) is 0 Å². The molecule has 33 heavy (non-hydrogen) atoms. The van der Waals surface area contributed by atoms with Crippen molar-refractivity contribution in [2.75, 3.05) is 32.7 Å². The van der Waals surface area contributed by atoms with Crippen LogP contribution in [0.4, 0.5) is 0 Å². The smallest absolute Gasteiger partial charge is 0.241 e. The number of hydrogen-bond acceptors (Lipinski definition) is 6. The number of halogens is 1. The van der Waals surface area contributed by atoms with Gasteiger partial charge in [-0.15, -0.1) is 0 Å². The number of benzene rings is 2. The second-order valence-corrected chi connectivity index (χ2v) is 9.00. The third-order valence-corrected chi connectivity index (χ3v) is 6.47. The molecule has 1 fully saturated rings. The third-order valence-electron chi connectivity index (χ3n) is 6.21. The van der Waals surface area contributed by atoms with Crippen LogP contribution >= 0.6 is 11.6 Å². The molecule has 1 aromatic heterocycles. The monoisotopic (exact) mass is 467 g/mol. The van der Waals surface area contributed by atoms with Crippen LogP contribution in [0.25, 0.3) is 11.4 Å². The lowest BCUT2D eigenvalue weighted by molar-refractivity contribution is -0.126. The van der Waals surface area contributed by atoms with E-state index in [1.54, 1.807) is 0 Å². The van der Waals surface area contributed by atoms with Crippen LogP contribution in [0.3, 0.4) is 0 Å². The van der Waals surface area contributed by atoms with E-state index < -0.39 is 0 Å². The van der Waals surface area contributed by atoms with E-state index in [2.05, 4.69) is 44.3 Å². The third kappa shape index (κ3) is 6.19. The van der Waals surface area contributed by atoms with Crippen molar-refractivity contribution in [1.29, 1.82) is 0 Å². The van der Waals surface area contributed by atoms with Crippen LogP contribution in [-0.2, 0) is 11.3 Å². The Kier molecular flexibility index (Phi) is 7.75. The zero-order valence-electron chi connectivity index (χ0n) is 19.1. The fourth-order valence-electron chi connectivity index (χ4n) is 4.00. The van der Waals surface area contributed by atoms with E-state index in [4.69, 9.17) is 16.1 Å². The fraction of sp³-hybridized carbons (Fsp3) is 0.400. The summed E-state index contributed by atoms with van der Waals surface area (Å²) in [5.41, 5.74) is 2.11. The molecule has 0 aliphatic carbocycles. The molecule has 1 N–H and O–H groups in total. The van der Waals surface area contributed by atoms with Gasteiger partial charge < -0.3 is 9.84 Å². The normalized spacial score (nSPS) is 16.9. The molecule has 1 aliphatic heterocycles. The number of hydrogen-bond donors (Lipinski definition) is 1. The molecule has 1 aliphatic rings. The Hall–Kier alpha value is -2.74. The lowest BCUT2D eigenvalue weighted by Gasteiger charge is -2.36. The van der Waals surface area contributed by atoms with Crippen LogP contribution in [0, 0.1) is 0 Å². The van der Waals surface area contributed by atoms with Crippen LogP contribution in [0.15, 0.2) is 59.1 Å². The molecule has 8 heteroatoms. The van der Waals surface area contributed by atoms with Gasteiger partial charge in [-0.1, -0.05) is 54.0 Å². The summed E-state index contributed by atoms with van der Waals surface area (Å²) >= 11 is 5.94. The summed E-state index contributed by atoms with van der Waals surface area (Å²) in [4.78, 5) is 21.7. The lowest BCUT2D eigenvalue weighted by atomic mass is 10.0. The average molecular weight is 468 g/mol. The van der Waals surface area contributed by atoms with Crippen LogP contribution in [0.5, 0.6) is 0 Å². The van der Waals surface area contributed by atoms with E-state index in [0.717, 1.165) is 31.7 Å². The molecular weight excluding hydrogens is 438 g/mol. The molecule has 2 heterocycles. The van der Waals surface area contributed by atoms with Crippen molar-refractivity contribution in [2.24, 2.45) is 0 Å². The number of carbonyl (C=O) groups excluding carboxylic acids is 1. The van der Waals surface area contributed by atoms with Gasteiger partial charge in [-0.3, -0.25) is 14.6 Å². The number of nitrogens with one attached hydrogen (secondary N) is 1. The Morgan fingerprint density at radius 1 is 1.06 bits per heavy atom. The highest BCUT2D eigenvalue weighted by Crippen LogP contribution is 2.19. The predicted octanol–water partition coefficient (Wildman–Crippen LogP) is 3.82. The molecule has 1 amide bonds. The summed E-state index contributed by atoms with van der Waals surface area (Å²) in [5.74, 6) is 1.52. The van der Waals surface area contributed by atoms with Gasteiger partial charge in [0, 0.05) is 43.3 Å². The highest BCUT2D eigenvalue weighted by Gasteiger charge is 2.26. The number of nitrogens with zero attached hydrogens (tertiary/aromatic N) is 4. The van der Waals surface area contributed by atoms with E-state index >= 15 is 0 Å². The molecular formula is C25H30ClN5O2. The van der Waals surface area contributed by atoms with Crippen LogP contribution in [0.1, 0.15) is 31.2 Å². The summed E-state index contributed by atoms with van der Waals surface area (Å²) in [5, 5.41) is 7.88. The lowest BCUT2D eigenvalue weighted by Crippen LogP contribution is -2.53. The first-order valence-electron chi connectivity index (χ1n) is 11.4. The van der Waals surface area contributed by atoms with Gasteiger partial charge in [0.2, 0.25) is 17.6 Å². The number of aromatic nitrogens is 2. The van der Waals surface area contributed by atoms with Crippen LogP contribution in [-0.4, -0.2) is 64.6 Å². The molecule has 2 atom stereocenters. The largest absolute Gasteiger partial charge is 0.354 e. The molecule has 174 valence electrons. The Balaban J connectivity index is 1.22. The first kappa shape index (κ1) is 23.4. The molecule has 0 saturated carbocycles. The van der Waals surface area contributed by atoms with Crippen molar-refractivity contribution in [2.45, 2.75) is 32.4 Å². The van der Waals surface area contributed by atoms with Crippen molar-refractivity contribution < 1.29 is 9.32 Å². The van der Waals surface area contributed by atoms with Crippen molar-refractivity contribution in [3.05, 3.63) is 71.1 Å². The molecule has 0 spiro atoms. The standard InChI is InChI=1S/C25H30ClN5O2/c1-18(20-6-4-3-5-7-20)16-27-25(32)19(2)31-14-12-30(13-15-31)17-23-28-24(29-33-23)21-8-10-22(26)11-9-21/h3-11,18-19H,12-17H2,1-2H3,(H,27,32). The van der Waals surface area contributed by atoms with Gasteiger partial charge >= 0.3 is 0 Å². The number of rotatable bonds is 8. The summed E-state index contributed by atoms with van der Waals surface area (Å²) in [6.45, 7) is 8.68. The summed E-state index contributed by atoms with van der Waals surface area (Å²) < 4.78 is 5.44. The van der Waals surface area contributed by atoms with Gasteiger partial charge in [0.05, 0.1) is 12.6 Å². The highest BCUT2D eigenvalue weighted by atomic mass is 35.5. The average Bonchev–Trinajstić information content (AvgIpc) is 3.31. The fourth-order valence-corrected chi connectivity index (χ4v) is 4.13. The first-order valence-corrected chi connectivity index (χ1v) is 11.7. The van der Waals surface area contributed by atoms with E-state index in [1.165, 1.54) is 5.56 Å². The van der Waals surface area contributed by atoms with Crippen molar-refractivity contribution in [3.8, 4) is 11.4 Å². The van der Waals surface area contributed by atoms with E-state index in [-0.39, 0.29) is 17.9 Å². The van der Waals surface area contributed by atoms with Gasteiger partial charge in [-0.25, -0.2) is 0 Å². The first-order chi connectivity index (χ1) is 16.0. The van der Waals surface area contributed by atoms with Crippen LogP contribution in [0.2, 0.25) is 5.02 Å². The minimum absolute atomic E-state index is 0.0794. The Morgan fingerprint density at radius 3 is 2.45 bits per heavy atom. The zero-order chi connectivity index (χ0) is 23.2. The summed E-state index contributed by atoms with van der Waals surface area (Å²) in [6, 6.07) is 17.5. The molecule has 4 rings (SSSR count). The second kappa shape index (κ2) is 10.9. The Morgan fingerprint density at radius 2 is 1.76 bits per heavy atom. The SMILES string of the molecule is CC(CNC(=O)C(C)N1CCN(Cc2nc(-c3ccc(Cl)cc3)no2)CC1)c1ccccc1. The van der Waals surface area contributed by atoms with Gasteiger partial charge in [0.15, 0.2) is 0 Å². The minimum atomic E-state index is -0.157. The van der Waals surface area contributed by atoms with Crippen LogP contribution < -0.4 is 5.32 Å². The molecule has 7 nitrogen and oxygen atoms in total. The topological polar surface area (TPSA) is 74.5 Å². The quantitative estimate of drug-likeness (QED) is 0.543. The second-order valence-electron chi connectivity index (χ2n) is 8.56. The molecule has 2 aromatic carbocycles. The van der Waals surface area contributed by atoms with Gasteiger partial charge in [-0.2, -0.15) is 4.98 Å². The summed E-state index contributed by atoms with van der Waals surface area (Å²) in [6.07, 6.45) is 0. The van der Waals surface area contributed by atoms with E-state index in [1.807, 2.05) is 49.4 Å². The number of amides is 1. The number of piperazine rings is 1. The molecule has 2 unspecified atom stereocenters. The minimum Gasteiger partial charge on any atom is -0.354 e. The maximum absolute atomic E-state index is 12.7. The zero-order valence-corrected chi connectivity index (χ0v) is 19.8. The van der Waals surface area contributed by atoms with E-state index in [9.17, 15) is 4.79 Å². The predicted molar refractivity (Wildman–Crippen MR) is 129 cm³/mol. The highest BCUT2D eigenvalue weighted by molar-refractivity contribution is 6.30. The molecule has 3 aromatic rings. The van der Waals surface area contributed by atoms with E-state index in [0.29, 0.717) is 29.8 Å². The Labute approximate surface area is 199 Å². The number of carbonyl (C=O) groups is 1. The van der Waals surface area contributed by atoms with Gasteiger partial charge in [0.25, 0.3) is 0 Å². The maximum Gasteiger partial charge on any atom is 0.241 e. The molecule has 0 bridgehead atoms. The molecule has 1 saturated heterocycles. The molecule has 0 radical (unpaired) electrons. The van der Waals surface area contributed by atoms with Crippen molar-refractivity contribution in [3.63, 3.8) is 0 Å². The summed E-state index contributed by atoms with van der Waals surface area (Å²) in [7, 11) is 0. The van der Waals surface area contributed by atoms with Crippen molar-refractivity contribution in [1.82, 2.24) is 25.3 Å². The Bertz CT molecular complexity index is 1030. The van der Waals surface area contributed by atoms with Gasteiger partial charge in [-0.05, 0) is 42.7 Å².